The molecule has 3 heteroatoms. The molecule has 1 aromatic carbocycles. The van der Waals surface area contributed by atoms with Gasteiger partial charge in [-0.2, -0.15) is 0 Å². The lowest BCUT2D eigenvalue weighted by molar-refractivity contribution is 0.231. The van der Waals surface area contributed by atoms with E-state index in [0.717, 1.165) is 25.1 Å². The molecule has 3 nitrogen and oxygen atoms in total. The molecule has 96 valence electrons. The van der Waals surface area contributed by atoms with Crippen molar-refractivity contribution in [2.75, 3.05) is 20.3 Å². The number of nitrogens with one attached hydrogen (secondary N) is 1. The second-order valence-corrected chi connectivity index (χ2v) is 4.89. The van der Waals surface area contributed by atoms with Crippen molar-refractivity contribution in [1.82, 2.24) is 5.32 Å². The van der Waals surface area contributed by atoms with E-state index in [0.29, 0.717) is 0 Å². The Morgan fingerprint density at radius 1 is 1.35 bits per heavy atom. The fourth-order valence-corrected chi connectivity index (χ4v) is 1.74. The van der Waals surface area contributed by atoms with Gasteiger partial charge in [-0.25, -0.2) is 0 Å². The summed E-state index contributed by atoms with van der Waals surface area (Å²) in [7, 11) is 1.68. The summed E-state index contributed by atoms with van der Waals surface area (Å²) >= 11 is 0. The highest BCUT2D eigenvalue weighted by molar-refractivity contribution is 5.28. The zero-order valence-electron chi connectivity index (χ0n) is 11.0. The van der Waals surface area contributed by atoms with Gasteiger partial charge < -0.3 is 15.2 Å². The topological polar surface area (TPSA) is 41.5 Å². The summed E-state index contributed by atoms with van der Waals surface area (Å²) in [5, 5.41) is 12.4. The first-order valence-electron chi connectivity index (χ1n) is 6.06. The first kappa shape index (κ1) is 14.0. The minimum absolute atomic E-state index is 0.00633. The summed E-state index contributed by atoms with van der Waals surface area (Å²) in [6, 6.07) is 8.11. The van der Waals surface area contributed by atoms with Gasteiger partial charge in [0.1, 0.15) is 5.75 Å². The van der Waals surface area contributed by atoms with Crippen molar-refractivity contribution in [3.8, 4) is 5.75 Å². The molecule has 0 bridgehead atoms. The Morgan fingerprint density at radius 3 is 2.76 bits per heavy atom. The molecule has 0 radical (unpaired) electrons. The van der Waals surface area contributed by atoms with Crippen LogP contribution in [0.2, 0.25) is 0 Å². The maximum absolute atomic E-state index is 8.93. The first-order valence-corrected chi connectivity index (χ1v) is 6.06. The van der Waals surface area contributed by atoms with Crippen LogP contribution in [0.4, 0.5) is 0 Å². The molecule has 0 heterocycles. The summed E-state index contributed by atoms with van der Waals surface area (Å²) in [5.74, 6) is 0.900. The molecule has 0 amide bonds. The molecule has 1 rings (SSSR count). The Morgan fingerprint density at radius 2 is 2.12 bits per heavy atom. The lowest BCUT2D eigenvalue weighted by Gasteiger charge is -2.25. The van der Waals surface area contributed by atoms with Gasteiger partial charge in [0, 0.05) is 12.1 Å². The Hall–Kier alpha value is -1.06. The van der Waals surface area contributed by atoms with Crippen molar-refractivity contribution in [2.45, 2.75) is 32.2 Å². The van der Waals surface area contributed by atoms with Gasteiger partial charge in [-0.05, 0) is 50.9 Å². The van der Waals surface area contributed by atoms with E-state index in [1.54, 1.807) is 7.11 Å². The van der Waals surface area contributed by atoms with E-state index < -0.39 is 0 Å². The number of rotatable bonds is 7. The highest BCUT2D eigenvalue weighted by Crippen LogP contribution is 2.13. The Labute approximate surface area is 104 Å². The van der Waals surface area contributed by atoms with Crippen molar-refractivity contribution in [3.05, 3.63) is 29.8 Å². The maximum atomic E-state index is 8.93. The summed E-state index contributed by atoms with van der Waals surface area (Å²) in [5.41, 5.74) is 1.25. The second-order valence-electron chi connectivity index (χ2n) is 4.89. The molecule has 0 aromatic heterocycles. The fraction of sp³-hybridized carbons (Fsp3) is 0.571. The molecular weight excluding hydrogens is 214 g/mol. The van der Waals surface area contributed by atoms with Crippen molar-refractivity contribution < 1.29 is 9.84 Å². The third-order valence-electron chi connectivity index (χ3n) is 2.89. The van der Waals surface area contributed by atoms with Crippen LogP contribution >= 0.6 is 0 Å². The number of methoxy groups -OCH3 is 1. The van der Waals surface area contributed by atoms with Gasteiger partial charge in [-0.1, -0.05) is 12.1 Å². The third kappa shape index (κ3) is 5.20. The smallest absolute Gasteiger partial charge is 0.119 e. The van der Waals surface area contributed by atoms with Gasteiger partial charge >= 0.3 is 0 Å². The molecule has 0 aliphatic heterocycles. The molecule has 0 aliphatic carbocycles. The Kier molecular flexibility index (Phi) is 5.45. The summed E-state index contributed by atoms with van der Waals surface area (Å²) in [6.07, 6.45) is 1.73. The van der Waals surface area contributed by atoms with Gasteiger partial charge in [0.2, 0.25) is 0 Å². The standard InChI is InChI=1S/C14H23NO2/c1-14(2,8-10-16)15-9-7-12-5-4-6-13(11-12)17-3/h4-6,11,15-16H,7-10H2,1-3H3. The van der Waals surface area contributed by atoms with E-state index >= 15 is 0 Å². The summed E-state index contributed by atoms with van der Waals surface area (Å²) in [4.78, 5) is 0. The minimum Gasteiger partial charge on any atom is -0.497 e. The monoisotopic (exact) mass is 237 g/mol. The second kappa shape index (κ2) is 6.62. The largest absolute Gasteiger partial charge is 0.497 e. The highest BCUT2D eigenvalue weighted by Gasteiger charge is 2.15. The molecule has 17 heavy (non-hydrogen) atoms. The molecule has 0 atom stereocenters. The van der Waals surface area contributed by atoms with E-state index in [1.165, 1.54) is 5.56 Å². The molecule has 0 spiro atoms. The molecule has 0 saturated heterocycles. The van der Waals surface area contributed by atoms with Crippen molar-refractivity contribution in [1.29, 1.82) is 0 Å². The number of ether oxygens (including phenoxy) is 1. The molecular formula is C14H23NO2. The Balaban J connectivity index is 2.40. The SMILES string of the molecule is COc1cccc(CCNC(C)(C)CCO)c1. The van der Waals surface area contributed by atoms with Crippen LogP contribution in [-0.4, -0.2) is 30.9 Å². The van der Waals surface area contributed by atoms with Crippen molar-refractivity contribution >= 4 is 0 Å². The molecule has 0 aliphatic rings. The van der Waals surface area contributed by atoms with Gasteiger partial charge in [0.15, 0.2) is 0 Å². The van der Waals surface area contributed by atoms with Crippen LogP contribution < -0.4 is 10.1 Å². The van der Waals surface area contributed by atoms with Crippen LogP contribution in [0.15, 0.2) is 24.3 Å². The van der Waals surface area contributed by atoms with E-state index in [-0.39, 0.29) is 12.1 Å². The van der Waals surface area contributed by atoms with Crippen LogP contribution in [0.5, 0.6) is 5.75 Å². The van der Waals surface area contributed by atoms with Crippen LogP contribution in [0.1, 0.15) is 25.8 Å². The van der Waals surface area contributed by atoms with E-state index in [2.05, 4.69) is 31.3 Å². The predicted octanol–water partition coefficient (Wildman–Crippen LogP) is 1.99. The third-order valence-corrected chi connectivity index (χ3v) is 2.89. The zero-order chi connectivity index (χ0) is 12.7. The zero-order valence-corrected chi connectivity index (χ0v) is 11.0. The molecule has 0 saturated carbocycles. The normalized spacial score (nSPS) is 11.5. The van der Waals surface area contributed by atoms with Crippen LogP contribution in [0, 0.1) is 0 Å². The maximum Gasteiger partial charge on any atom is 0.119 e. The molecule has 0 fully saturated rings. The minimum atomic E-state index is -0.00633. The highest BCUT2D eigenvalue weighted by atomic mass is 16.5. The summed E-state index contributed by atoms with van der Waals surface area (Å²) < 4.78 is 5.19. The van der Waals surface area contributed by atoms with E-state index in [4.69, 9.17) is 9.84 Å². The number of aliphatic hydroxyl groups excluding tert-OH is 1. The molecule has 2 N–H and O–H groups in total. The average Bonchev–Trinajstić information content (AvgIpc) is 2.29. The number of hydrogen-bond acceptors (Lipinski definition) is 3. The number of aliphatic hydroxyl groups is 1. The number of benzene rings is 1. The van der Waals surface area contributed by atoms with Crippen molar-refractivity contribution in [2.24, 2.45) is 0 Å². The van der Waals surface area contributed by atoms with Gasteiger partial charge in [0.25, 0.3) is 0 Å². The predicted molar refractivity (Wildman–Crippen MR) is 70.5 cm³/mol. The molecule has 0 unspecified atom stereocenters. The van der Waals surface area contributed by atoms with E-state index in [9.17, 15) is 0 Å². The van der Waals surface area contributed by atoms with Gasteiger partial charge in [-0.3, -0.25) is 0 Å². The lowest BCUT2D eigenvalue weighted by Crippen LogP contribution is -2.41. The summed E-state index contributed by atoms with van der Waals surface area (Å²) in [6.45, 7) is 5.34. The molecule has 1 aromatic rings. The van der Waals surface area contributed by atoms with E-state index in [1.807, 2.05) is 12.1 Å². The van der Waals surface area contributed by atoms with Crippen LogP contribution in [0.25, 0.3) is 0 Å². The quantitative estimate of drug-likeness (QED) is 0.762. The van der Waals surface area contributed by atoms with Gasteiger partial charge in [0.05, 0.1) is 7.11 Å². The first-order chi connectivity index (χ1) is 8.07. The van der Waals surface area contributed by atoms with Crippen molar-refractivity contribution in [3.63, 3.8) is 0 Å². The van der Waals surface area contributed by atoms with Gasteiger partial charge in [-0.15, -0.1) is 0 Å². The lowest BCUT2D eigenvalue weighted by atomic mass is 10.0. The fourth-order valence-electron chi connectivity index (χ4n) is 1.74. The average molecular weight is 237 g/mol. The number of hydrogen-bond donors (Lipinski definition) is 2. The Bertz CT molecular complexity index is 337. The van der Waals surface area contributed by atoms with Crippen LogP contribution in [0.3, 0.4) is 0 Å². The van der Waals surface area contributed by atoms with Crippen LogP contribution in [-0.2, 0) is 6.42 Å².